The Morgan fingerprint density at radius 1 is 1.25 bits per heavy atom. The molecule has 1 aromatic carbocycles. The molecule has 0 fully saturated rings. The minimum atomic E-state index is -3.76. The average molecular weight is 351 g/mol. The normalized spacial score (nSPS) is 11.7. The zero-order chi connectivity index (χ0) is 14.8. The van der Waals surface area contributed by atoms with Crippen molar-refractivity contribution in [3.8, 4) is 0 Å². The number of sulfonamides is 1. The van der Waals surface area contributed by atoms with Gasteiger partial charge in [0.1, 0.15) is 4.90 Å². The number of halogens is 2. The van der Waals surface area contributed by atoms with Crippen molar-refractivity contribution in [2.75, 3.05) is 12.3 Å². The lowest BCUT2D eigenvalue weighted by atomic mass is 10.3. The Morgan fingerprint density at radius 3 is 2.45 bits per heavy atom. The van der Waals surface area contributed by atoms with Crippen LogP contribution in [0.2, 0.25) is 10.0 Å². The predicted octanol–water partition coefficient (Wildman–Crippen LogP) is 3.16. The van der Waals surface area contributed by atoms with E-state index in [2.05, 4.69) is 4.72 Å². The summed E-state index contributed by atoms with van der Waals surface area (Å²) >= 11 is 13.4. The van der Waals surface area contributed by atoms with Crippen LogP contribution in [-0.2, 0) is 16.4 Å². The van der Waals surface area contributed by atoms with Gasteiger partial charge in [0.2, 0.25) is 10.0 Å². The van der Waals surface area contributed by atoms with Crippen molar-refractivity contribution in [3.63, 3.8) is 0 Å². The molecule has 0 radical (unpaired) electrons. The lowest BCUT2D eigenvalue weighted by Crippen LogP contribution is -2.26. The van der Waals surface area contributed by atoms with Gasteiger partial charge >= 0.3 is 0 Å². The third-order valence-corrected chi connectivity index (χ3v) is 5.85. The van der Waals surface area contributed by atoms with Crippen molar-refractivity contribution in [2.45, 2.75) is 11.3 Å². The number of benzene rings is 1. The second-order valence-electron chi connectivity index (χ2n) is 4.04. The molecule has 0 amide bonds. The summed E-state index contributed by atoms with van der Waals surface area (Å²) in [6.07, 6.45) is 0.612. The van der Waals surface area contributed by atoms with Crippen molar-refractivity contribution in [1.29, 1.82) is 0 Å². The quantitative estimate of drug-likeness (QED) is 0.813. The van der Waals surface area contributed by atoms with Crippen LogP contribution < -0.4 is 10.5 Å². The van der Waals surface area contributed by atoms with Gasteiger partial charge in [0, 0.05) is 17.1 Å². The van der Waals surface area contributed by atoms with Crippen LogP contribution in [0.25, 0.3) is 0 Å². The van der Waals surface area contributed by atoms with Gasteiger partial charge in [-0.2, -0.15) is 0 Å². The van der Waals surface area contributed by atoms with Gasteiger partial charge in [0.05, 0.1) is 10.0 Å². The molecular weight excluding hydrogens is 339 g/mol. The Morgan fingerprint density at radius 2 is 1.90 bits per heavy atom. The van der Waals surface area contributed by atoms with Gasteiger partial charge in [0.15, 0.2) is 0 Å². The van der Waals surface area contributed by atoms with Gasteiger partial charge in [-0.1, -0.05) is 29.3 Å². The van der Waals surface area contributed by atoms with Gasteiger partial charge in [-0.25, -0.2) is 13.1 Å². The Labute approximate surface area is 131 Å². The minimum Gasteiger partial charge on any atom is -0.399 e. The monoisotopic (exact) mass is 350 g/mol. The van der Waals surface area contributed by atoms with E-state index < -0.39 is 10.0 Å². The first-order valence-electron chi connectivity index (χ1n) is 5.67. The third kappa shape index (κ3) is 3.65. The fourth-order valence-corrected chi connectivity index (χ4v) is 4.64. The topological polar surface area (TPSA) is 72.2 Å². The second-order valence-corrected chi connectivity index (χ2v) is 7.59. The summed E-state index contributed by atoms with van der Waals surface area (Å²) in [5.41, 5.74) is 5.87. The first-order valence-corrected chi connectivity index (χ1v) is 8.78. The molecule has 2 rings (SSSR count). The van der Waals surface area contributed by atoms with E-state index in [0.717, 1.165) is 4.88 Å². The molecule has 0 unspecified atom stereocenters. The van der Waals surface area contributed by atoms with Crippen LogP contribution in [0.3, 0.4) is 0 Å². The number of rotatable bonds is 5. The van der Waals surface area contributed by atoms with Crippen molar-refractivity contribution in [2.24, 2.45) is 0 Å². The highest BCUT2D eigenvalue weighted by molar-refractivity contribution is 7.89. The molecule has 4 nitrogen and oxygen atoms in total. The molecule has 3 N–H and O–H groups in total. The first-order chi connectivity index (χ1) is 9.40. The fourth-order valence-electron chi connectivity index (χ4n) is 1.67. The molecule has 0 aliphatic heterocycles. The number of anilines is 1. The Balaban J connectivity index is 2.14. The Bertz CT molecular complexity index is 677. The van der Waals surface area contributed by atoms with Crippen LogP contribution in [0.1, 0.15) is 4.88 Å². The summed E-state index contributed by atoms with van der Waals surface area (Å²) in [4.78, 5) is 0.961. The van der Waals surface area contributed by atoms with Gasteiger partial charge in [-0.05, 0) is 30.0 Å². The van der Waals surface area contributed by atoms with E-state index in [1.807, 2.05) is 17.5 Å². The minimum absolute atomic E-state index is 0.0126. The molecule has 2 aromatic rings. The van der Waals surface area contributed by atoms with Gasteiger partial charge in [-0.15, -0.1) is 11.3 Å². The standard InChI is InChI=1S/C12H12Cl2N2O2S2/c13-10-6-8(15)7-11(14)12(10)20(17,18)16-4-3-9-2-1-5-19-9/h1-2,5-7,16H,3-4,15H2. The zero-order valence-electron chi connectivity index (χ0n) is 10.3. The molecular formula is C12H12Cl2N2O2S2. The SMILES string of the molecule is Nc1cc(Cl)c(S(=O)(=O)NCCc2cccs2)c(Cl)c1. The van der Waals surface area contributed by atoms with Crippen LogP contribution in [-0.4, -0.2) is 15.0 Å². The lowest BCUT2D eigenvalue weighted by Gasteiger charge is -2.10. The maximum absolute atomic E-state index is 12.2. The second kappa shape index (κ2) is 6.32. The molecule has 1 aromatic heterocycles. The smallest absolute Gasteiger partial charge is 0.243 e. The summed E-state index contributed by atoms with van der Waals surface area (Å²) in [7, 11) is -3.76. The summed E-state index contributed by atoms with van der Waals surface area (Å²) < 4.78 is 26.9. The highest BCUT2D eigenvalue weighted by Gasteiger charge is 2.21. The number of nitrogens with one attached hydrogen (secondary N) is 1. The molecule has 0 saturated heterocycles. The highest BCUT2D eigenvalue weighted by Crippen LogP contribution is 2.31. The summed E-state index contributed by atoms with van der Waals surface area (Å²) in [6, 6.07) is 6.59. The highest BCUT2D eigenvalue weighted by atomic mass is 35.5. The van der Waals surface area contributed by atoms with Gasteiger partial charge in [-0.3, -0.25) is 0 Å². The maximum atomic E-state index is 12.2. The first kappa shape index (κ1) is 15.6. The molecule has 108 valence electrons. The molecule has 0 saturated carbocycles. The Kier molecular flexibility index (Phi) is 4.93. The molecule has 0 bridgehead atoms. The van der Waals surface area contributed by atoms with E-state index in [9.17, 15) is 8.42 Å². The number of nitrogen functional groups attached to an aromatic ring is 1. The molecule has 0 spiro atoms. The van der Waals surface area contributed by atoms with Crippen molar-refractivity contribution in [1.82, 2.24) is 4.72 Å². The van der Waals surface area contributed by atoms with Gasteiger partial charge in [0.25, 0.3) is 0 Å². The predicted molar refractivity (Wildman–Crippen MR) is 84.1 cm³/mol. The van der Waals surface area contributed by atoms with Crippen molar-refractivity contribution in [3.05, 3.63) is 44.6 Å². The van der Waals surface area contributed by atoms with E-state index in [-0.39, 0.29) is 21.5 Å². The fraction of sp³-hybridized carbons (Fsp3) is 0.167. The van der Waals surface area contributed by atoms with Gasteiger partial charge < -0.3 is 5.73 Å². The lowest BCUT2D eigenvalue weighted by molar-refractivity contribution is 0.582. The number of hydrogen-bond acceptors (Lipinski definition) is 4. The molecule has 8 heteroatoms. The van der Waals surface area contributed by atoms with Crippen LogP contribution in [0.15, 0.2) is 34.5 Å². The molecule has 1 heterocycles. The number of nitrogens with two attached hydrogens (primary N) is 1. The van der Waals surface area contributed by atoms with Crippen LogP contribution in [0, 0.1) is 0 Å². The van der Waals surface area contributed by atoms with E-state index in [0.29, 0.717) is 12.1 Å². The average Bonchev–Trinajstić information content (AvgIpc) is 2.79. The number of hydrogen-bond donors (Lipinski definition) is 2. The number of thiophene rings is 1. The van der Waals surface area contributed by atoms with Crippen LogP contribution >= 0.6 is 34.5 Å². The largest absolute Gasteiger partial charge is 0.399 e. The van der Waals surface area contributed by atoms with Crippen LogP contribution in [0.4, 0.5) is 5.69 Å². The van der Waals surface area contributed by atoms with E-state index >= 15 is 0 Å². The summed E-state index contributed by atoms with van der Waals surface area (Å²) in [5, 5.41) is 1.97. The summed E-state index contributed by atoms with van der Waals surface area (Å²) in [6.45, 7) is 0.278. The van der Waals surface area contributed by atoms with E-state index in [4.69, 9.17) is 28.9 Å². The molecule has 20 heavy (non-hydrogen) atoms. The Hall–Kier alpha value is -0.790. The van der Waals surface area contributed by atoms with E-state index in [1.54, 1.807) is 11.3 Å². The van der Waals surface area contributed by atoms with Crippen molar-refractivity contribution >= 4 is 50.2 Å². The molecule has 0 atom stereocenters. The third-order valence-electron chi connectivity index (χ3n) is 2.53. The maximum Gasteiger partial charge on any atom is 0.243 e. The molecule has 0 aliphatic rings. The van der Waals surface area contributed by atoms with Crippen molar-refractivity contribution < 1.29 is 8.42 Å². The zero-order valence-corrected chi connectivity index (χ0v) is 13.4. The van der Waals surface area contributed by atoms with Crippen LogP contribution in [0.5, 0.6) is 0 Å². The van der Waals surface area contributed by atoms with E-state index in [1.165, 1.54) is 12.1 Å². The summed E-state index contributed by atoms with van der Waals surface area (Å²) in [5.74, 6) is 0. The molecule has 0 aliphatic carbocycles.